The lowest BCUT2D eigenvalue weighted by Gasteiger charge is -2.20. The van der Waals surface area contributed by atoms with Crippen LogP contribution >= 0.6 is 0 Å². The van der Waals surface area contributed by atoms with Gasteiger partial charge in [0.15, 0.2) is 17.5 Å². The quantitative estimate of drug-likeness (QED) is 0.151. The molecule has 0 unspecified atom stereocenters. The molecule has 0 spiro atoms. The first kappa shape index (κ1) is 41.9. The molecule has 0 aliphatic heterocycles. The molecule has 0 fully saturated rings. The molecule has 72 heavy (non-hydrogen) atoms. The van der Waals surface area contributed by atoms with Gasteiger partial charge in [0.1, 0.15) is 0 Å². The minimum absolute atomic E-state index is 0.335. The number of benzene rings is 10. The predicted octanol–water partition coefficient (Wildman–Crippen LogP) is 15.8. The Labute approximate surface area is 415 Å². The normalized spacial score (nSPS) is 11.3. The second-order valence-electron chi connectivity index (χ2n) is 17.7. The van der Waals surface area contributed by atoms with E-state index in [-0.39, 0.29) is 0 Å². The standard InChI is InChI=1S/C65H39N7/c66-40-47-24-10-11-26-49(47)52-29-17-33-60(72-56-31-15-13-28-51(56)54-39-46(35-37-58(54)72)43-20-6-2-7-21-43)62(52)65-69-63(44-22-8-3-9-23-44)68-64(70-65)61-48(41-67)25-16-32-59(61)71-55-30-14-12-27-50(55)53-38-45(34-36-57(53)71)42-18-4-1-5-19-42/h1-39H. The van der Waals surface area contributed by atoms with Gasteiger partial charge < -0.3 is 9.13 Å². The van der Waals surface area contributed by atoms with Gasteiger partial charge in [-0.2, -0.15) is 10.5 Å². The summed E-state index contributed by atoms with van der Waals surface area (Å²) in [5.74, 6) is 1.16. The van der Waals surface area contributed by atoms with Gasteiger partial charge in [0, 0.05) is 32.7 Å². The van der Waals surface area contributed by atoms with E-state index in [0.717, 1.165) is 93.9 Å². The SMILES string of the molecule is N#Cc1ccccc1-c1cccc(-n2c3ccccc3c3cc(-c4ccccc4)ccc32)c1-c1nc(-c2ccccc2)nc(-c2c(C#N)cccc2-n2c3ccccc3c3cc(-c4ccccc4)ccc32)n1. The second kappa shape index (κ2) is 17.4. The summed E-state index contributed by atoms with van der Waals surface area (Å²) >= 11 is 0. The van der Waals surface area contributed by atoms with Crippen molar-refractivity contribution in [2.24, 2.45) is 0 Å². The third-order valence-corrected chi connectivity index (χ3v) is 13.7. The van der Waals surface area contributed by atoms with Crippen molar-refractivity contribution in [2.75, 3.05) is 0 Å². The summed E-state index contributed by atoms with van der Waals surface area (Å²) in [5, 5.41) is 26.1. The van der Waals surface area contributed by atoms with E-state index in [1.54, 1.807) is 0 Å². The number of rotatable bonds is 8. The molecule has 3 heterocycles. The molecule has 7 heteroatoms. The zero-order chi connectivity index (χ0) is 48.1. The average molecular weight is 918 g/mol. The van der Waals surface area contributed by atoms with Crippen molar-refractivity contribution < 1.29 is 0 Å². The van der Waals surface area contributed by atoms with Crippen LogP contribution < -0.4 is 0 Å². The highest BCUT2D eigenvalue weighted by Gasteiger charge is 2.26. The lowest BCUT2D eigenvalue weighted by molar-refractivity contribution is 1.06. The topological polar surface area (TPSA) is 96.1 Å². The molecule has 0 bridgehead atoms. The van der Waals surface area contributed by atoms with Crippen molar-refractivity contribution in [1.29, 1.82) is 10.5 Å². The molecule has 0 amide bonds. The largest absolute Gasteiger partial charge is 0.308 e. The fraction of sp³-hybridized carbons (Fsp3) is 0. The van der Waals surface area contributed by atoms with Crippen LogP contribution in [-0.2, 0) is 0 Å². The maximum Gasteiger partial charge on any atom is 0.167 e. The van der Waals surface area contributed by atoms with Crippen LogP contribution in [0.15, 0.2) is 237 Å². The average Bonchev–Trinajstić information content (AvgIpc) is 3.97. The highest BCUT2D eigenvalue weighted by Crippen LogP contribution is 2.44. The van der Waals surface area contributed by atoms with Crippen LogP contribution in [0.2, 0.25) is 0 Å². The smallest absolute Gasteiger partial charge is 0.167 e. The van der Waals surface area contributed by atoms with Crippen molar-refractivity contribution in [3.05, 3.63) is 248 Å². The molecule has 0 saturated carbocycles. The molecule has 7 nitrogen and oxygen atoms in total. The van der Waals surface area contributed by atoms with Crippen LogP contribution in [0.4, 0.5) is 0 Å². The Bertz CT molecular complexity index is 4350. The zero-order valence-electron chi connectivity index (χ0n) is 38.6. The Hall–Kier alpha value is -10.2. The first-order chi connectivity index (χ1) is 35.6. The minimum atomic E-state index is 0.335. The maximum absolute atomic E-state index is 11.1. The maximum atomic E-state index is 11.1. The molecule has 0 saturated heterocycles. The van der Waals surface area contributed by atoms with E-state index >= 15 is 0 Å². The zero-order valence-corrected chi connectivity index (χ0v) is 38.6. The van der Waals surface area contributed by atoms with E-state index in [9.17, 15) is 10.5 Å². The monoisotopic (exact) mass is 917 g/mol. The van der Waals surface area contributed by atoms with Crippen LogP contribution in [-0.4, -0.2) is 24.1 Å². The second-order valence-corrected chi connectivity index (χ2v) is 17.7. The van der Waals surface area contributed by atoms with E-state index in [1.165, 1.54) is 0 Å². The van der Waals surface area contributed by atoms with E-state index in [0.29, 0.717) is 39.7 Å². The number of fused-ring (bicyclic) bond motifs is 6. The highest BCUT2D eigenvalue weighted by atomic mass is 15.1. The van der Waals surface area contributed by atoms with Gasteiger partial charge in [-0.15, -0.1) is 0 Å². The van der Waals surface area contributed by atoms with Crippen molar-refractivity contribution in [1.82, 2.24) is 24.1 Å². The summed E-state index contributed by atoms with van der Waals surface area (Å²) in [6.45, 7) is 0. The van der Waals surface area contributed by atoms with Crippen LogP contribution in [0.5, 0.6) is 0 Å². The Morgan fingerprint density at radius 2 is 0.708 bits per heavy atom. The third-order valence-electron chi connectivity index (χ3n) is 13.7. The summed E-state index contributed by atoms with van der Waals surface area (Å²) in [6.07, 6.45) is 0. The lowest BCUT2D eigenvalue weighted by atomic mass is 9.93. The van der Waals surface area contributed by atoms with Gasteiger partial charge >= 0.3 is 0 Å². The predicted molar refractivity (Wildman–Crippen MR) is 291 cm³/mol. The van der Waals surface area contributed by atoms with Gasteiger partial charge in [-0.25, -0.2) is 15.0 Å². The van der Waals surface area contributed by atoms with Gasteiger partial charge in [0.05, 0.1) is 67.8 Å². The molecule has 0 radical (unpaired) electrons. The van der Waals surface area contributed by atoms with E-state index in [2.05, 4.69) is 155 Å². The number of hydrogen-bond acceptors (Lipinski definition) is 5. The molecule has 0 aliphatic rings. The lowest BCUT2D eigenvalue weighted by Crippen LogP contribution is -2.07. The van der Waals surface area contributed by atoms with Gasteiger partial charge in [-0.1, -0.05) is 176 Å². The van der Waals surface area contributed by atoms with Gasteiger partial charge in [0.25, 0.3) is 0 Å². The van der Waals surface area contributed by atoms with Crippen LogP contribution in [0.3, 0.4) is 0 Å². The number of aromatic nitrogens is 5. The molecule has 0 N–H and O–H groups in total. The summed E-state index contributed by atoms with van der Waals surface area (Å²) in [6, 6.07) is 85.4. The molecule has 0 atom stereocenters. The molecular weight excluding hydrogens is 879 g/mol. The van der Waals surface area contributed by atoms with E-state index in [1.807, 2.05) is 103 Å². The molecule has 3 aromatic heterocycles. The van der Waals surface area contributed by atoms with Crippen molar-refractivity contribution in [3.8, 4) is 91.1 Å². The van der Waals surface area contributed by atoms with Gasteiger partial charge in [-0.05, 0) is 88.5 Å². The molecule has 334 valence electrons. The summed E-state index contributed by atoms with van der Waals surface area (Å²) in [4.78, 5) is 16.3. The van der Waals surface area contributed by atoms with Crippen LogP contribution in [0.25, 0.3) is 123 Å². The van der Waals surface area contributed by atoms with Crippen LogP contribution in [0, 0.1) is 22.7 Å². The molecule has 13 rings (SSSR count). The number of nitriles is 2. The highest BCUT2D eigenvalue weighted by molar-refractivity contribution is 6.12. The Balaban J connectivity index is 1.12. The Morgan fingerprint density at radius 1 is 0.292 bits per heavy atom. The molecule has 10 aromatic carbocycles. The fourth-order valence-corrected chi connectivity index (χ4v) is 10.5. The molecule has 13 aromatic rings. The molecular formula is C65H39N7. The van der Waals surface area contributed by atoms with Gasteiger partial charge in [0.2, 0.25) is 0 Å². The van der Waals surface area contributed by atoms with E-state index < -0.39 is 0 Å². The van der Waals surface area contributed by atoms with Crippen molar-refractivity contribution in [3.63, 3.8) is 0 Å². The first-order valence-electron chi connectivity index (χ1n) is 23.8. The Morgan fingerprint density at radius 3 is 1.28 bits per heavy atom. The van der Waals surface area contributed by atoms with Crippen LogP contribution in [0.1, 0.15) is 11.1 Å². The summed E-state index contributed by atoms with van der Waals surface area (Å²) < 4.78 is 4.51. The number of hydrogen-bond donors (Lipinski definition) is 0. The first-order valence-corrected chi connectivity index (χ1v) is 23.8. The Kier molecular flexibility index (Phi) is 10.1. The van der Waals surface area contributed by atoms with Crippen molar-refractivity contribution >= 4 is 43.6 Å². The third kappa shape index (κ3) is 6.92. The molecule has 0 aliphatic carbocycles. The fourth-order valence-electron chi connectivity index (χ4n) is 10.5. The summed E-state index contributed by atoms with van der Waals surface area (Å²) in [5.41, 5.74) is 14.5. The van der Waals surface area contributed by atoms with E-state index in [4.69, 9.17) is 15.0 Å². The summed E-state index contributed by atoms with van der Waals surface area (Å²) in [7, 11) is 0. The number of nitrogens with zero attached hydrogens (tertiary/aromatic N) is 7. The van der Waals surface area contributed by atoms with Gasteiger partial charge in [-0.3, -0.25) is 0 Å². The number of para-hydroxylation sites is 2. The minimum Gasteiger partial charge on any atom is -0.308 e. The van der Waals surface area contributed by atoms with Crippen molar-refractivity contribution in [2.45, 2.75) is 0 Å².